The first-order valence-electron chi connectivity index (χ1n) is 7.61. The largest absolute Gasteiger partial charge is 0.454 e. The van der Waals surface area contributed by atoms with E-state index in [0.717, 1.165) is 42.9 Å². The number of nitrogens with one attached hydrogen (secondary N) is 2. The van der Waals surface area contributed by atoms with Crippen molar-refractivity contribution in [2.45, 2.75) is 45.7 Å². The lowest BCUT2D eigenvalue weighted by atomic mass is 10.1. The van der Waals surface area contributed by atoms with E-state index in [0.29, 0.717) is 6.54 Å². The fraction of sp³-hybridized carbons (Fsp3) is 0.562. The molecule has 5 heteroatoms. The van der Waals surface area contributed by atoms with Crippen molar-refractivity contribution in [3.8, 4) is 11.5 Å². The van der Waals surface area contributed by atoms with Gasteiger partial charge in [-0.2, -0.15) is 0 Å². The molecular formula is C16H24N2O3. The standard InChI is InChI=1S/C16H24N2O3/c1-3-4-5-9-17-16(19)12(2)18-10-13-7-6-8-14-15(13)21-11-20-14/h6-8,12,18H,3-5,9-11H2,1-2H3,(H,17,19). The molecule has 1 amide bonds. The van der Waals surface area contributed by atoms with E-state index < -0.39 is 0 Å². The normalized spacial score (nSPS) is 14.0. The van der Waals surface area contributed by atoms with Crippen LogP contribution in [0.5, 0.6) is 11.5 Å². The number of fused-ring (bicyclic) bond motifs is 1. The Labute approximate surface area is 126 Å². The van der Waals surface area contributed by atoms with E-state index in [-0.39, 0.29) is 18.7 Å². The third kappa shape index (κ3) is 4.36. The zero-order chi connectivity index (χ0) is 15.1. The maximum absolute atomic E-state index is 11.9. The lowest BCUT2D eigenvalue weighted by Crippen LogP contribution is -2.42. The van der Waals surface area contributed by atoms with Crippen molar-refractivity contribution in [1.82, 2.24) is 10.6 Å². The second-order valence-corrected chi connectivity index (χ2v) is 5.25. The predicted octanol–water partition coefficient (Wildman–Crippen LogP) is 2.20. The lowest BCUT2D eigenvalue weighted by molar-refractivity contribution is -0.122. The van der Waals surface area contributed by atoms with Crippen molar-refractivity contribution in [3.05, 3.63) is 23.8 Å². The van der Waals surface area contributed by atoms with Crippen molar-refractivity contribution in [2.24, 2.45) is 0 Å². The molecule has 1 aromatic rings. The lowest BCUT2D eigenvalue weighted by Gasteiger charge is -2.14. The van der Waals surface area contributed by atoms with Gasteiger partial charge < -0.3 is 20.1 Å². The molecule has 2 rings (SSSR count). The summed E-state index contributed by atoms with van der Waals surface area (Å²) in [5, 5.41) is 6.17. The summed E-state index contributed by atoms with van der Waals surface area (Å²) in [5.74, 6) is 1.59. The minimum atomic E-state index is -0.232. The highest BCUT2D eigenvalue weighted by atomic mass is 16.7. The molecular weight excluding hydrogens is 268 g/mol. The minimum absolute atomic E-state index is 0.0378. The number of carbonyl (C=O) groups excluding carboxylic acids is 1. The molecule has 21 heavy (non-hydrogen) atoms. The Morgan fingerprint density at radius 1 is 1.33 bits per heavy atom. The fourth-order valence-corrected chi connectivity index (χ4v) is 2.23. The third-order valence-corrected chi connectivity index (χ3v) is 3.55. The van der Waals surface area contributed by atoms with Crippen LogP contribution in [0.2, 0.25) is 0 Å². The average molecular weight is 292 g/mol. The van der Waals surface area contributed by atoms with E-state index in [9.17, 15) is 4.79 Å². The molecule has 1 aliphatic rings. The van der Waals surface area contributed by atoms with Gasteiger partial charge >= 0.3 is 0 Å². The number of hydrogen-bond donors (Lipinski definition) is 2. The fourth-order valence-electron chi connectivity index (χ4n) is 2.23. The molecule has 1 heterocycles. The van der Waals surface area contributed by atoms with E-state index >= 15 is 0 Å². The highest BCUT2D eigenvalue weighted by Gasteiger charge is 2.18. The summed E-state index contributed by atoms with van der Waals surface area (Å²) < 4.78 is 10.8. The Kier molecular flexibility index (Phi) is 5.87. The van der Waals surface area contributed by atoms with Gasteiger partial charge in [0, 0.05) is 18.7 Å². The van der Waals surface area contributed by atoms with Crippen LogP contribution < -0.4 is 20.1 Å². The van der Waals surface area contributed by atoms with E-state index in [4.69, 9.17) is 9.47 Å². The first kappa shape index (κ1) is 15.6. The van der Waals surface area contributed by atoms with Crippen LogP contribution >= 0.6 is 0 Å². The molecule has 116 valence electrons. The van der Waals surface area contributed by atoms with Gasteiger partial charge in [-0.15, -0.1) is 0 Å². The first-order chi connectivity index (χ1) is 10.2. The van der Waals surface area contributed by atoms with Gasteiger partial charge in [-0.1, -0.05) is 31.9 Å². The van der Waals surface area contributed by atoms with Crippen LogP contribution in [0, 0.1) is 0 Å². The highest BCUT2D eigenvalue weighted by Crippen LogP contribution is 2.35. The molecule has 0 radical (unpaired) electrons. The van der Waals surface area contributed by atoms with Gasteiger partial charge in [0.05, 0.1) is 6.04 Å². The summed E-state index contributed by atoms with van der Waals surface area (Å²) in [5.41, 5.74) is 1.01. The van der Waals surface area contributed by atoms with Gasteiger partial charge in [-0.3, -0.25) is 4.79 Å². The van der Waals surface area contributed by atoms with Gasteiger partial charge in [0.25, 0.3) is 0 Å². The molecule has 0 aromatic heterocycles. The molecule has 1 aromatic carbocycles. The van der Waals surface area contributed by atoms with Crippen molar-refractivity contribution < 1.29 is 14.3 Å². The summed E-state index contributed by atoms with van der Waals surface area (Å²) >= 11 is 0. The molecule has 5 nitrogen and oxygen atoms in total. The number of amides is 1. The number of carbonyl (C=O) groups is 1. The Morgan fingerprint density at radius 2 is 2.19 bits per heavy atom. The third-order valence-electron chi connectivity index (χ3n) is 3.55. The molecule has 0 spiro atoms. The second kappa shape index (κ2) is 7.88. The van der Waals surface area contributed by atoms with Crippen LogP contribution in [0.3, 0.4) is 0 Å². The molecule has 0 bridgehead atoms. The topological polar surface area (TPSA) is 59.6 Å². The number of ether oxygens (including phenoxy) is 2. The number of benzene rings is 1. The summed E-state index contributed by atoms with van der Waals surface area (Å²) in [4.78, 5) is 11.9. The van der Waals surface area contributed by atoms with Crippen LogP contribution in [0.15, 0.2) is 18.2 Å². The van der Waals surface area contributed by atoms with Gasteiger partial charge in [-0.25, -0.2) is 0 Å². The maximum Gasteiger partial charge on any atom is 0.236 e. The number of rotatable bonds is 8. The molecule has 1 atom stereocenters. The number of hydrogen-bond acceptors (Lipinski definition) is 4. The van der Waals surface area contributed by atoms with Crippen molar-refractivity contribution >= 4 is 5.91 Å². The van der Waals surface area contributed by atoms with Crippen LogP contribution in [-0.4, -0.2) is 25.3 Å². The van der Waals surface area contributed by atoms with Crippen LogP contribution in [0.4, 0.5) is 0 Å². The van der Waals surface area contributed by atoms with E-state index in [1.165, 1.54) is 0 Å². The monoisotopic (exact) mass is 292 g/mol. The summed E-state index contributed by atoms with van der Waals surface area (Å²) in [6.45, 7) is 5.61. The summed E-state index contributed by atoms with van der Waals surface area (Å²) in [7, 11) is 0. The van der Waals surface area contributed by atoms with Crippen LogP contribution in [0.1, 0.15) is 38.7 Å². The molecule has 0 fully saturated rings. The minimum Gasteiger partial charge on any atom is -0.454 e. The van der Waals surface area contributed by atoms with Crippen molar-refractivity contribution in [1.29, 1.82) is 0 Å². The Hall–Kier alpha value is -1.75. The number of para-hydroxylation sites is 1. The van der Waals surface area contributed by atoms with E-state index in [1.54, 1.807) is 0 Å². The predicted molar refractivity (Wildman–Crippen MR) is 81.4 cm³/mol. The number of unbranched alkanes of at least 4 members (excludes halogenated alkanes) is 2. The van der Waals surface area contributed by atoms with Crippen LogP contribution in [0.25, 0.3) is 0 Å². The Morgan fingerprint density at radius 3 is 3.00 bits per heavy atom. The summed E-state index contributed by atoms with van der Waals surface area (Å²) in [6, 6.07) is 5.56. The quantitative estimate of drug-likeness (QED) is 0.721. The van der Waals surface area contributed by atoms with Gasteiger partial charge in [0.2, 0.25) is 12.7 Å². The molecule has 0 saturated heterocycles. The highest BCUT2D eigenvalue weighted by molar-refractivity contribution is 5.81. The zero-order valence-corrected chi connectivity index (χ0v) is 12.8. The average Bonchev–Trinajstić information content (AvgIpc) is 2.98. The van der Waals surface area contributed by atoms with Gasteiger partial charge in [0.15, 0.2) is 11.5 Å². The Balaban J connectivity index is 1.77. The molecule has 0 aliphatic carbocycles. The van der Waals surface area contributed by atoms with E-state index in [2.05, 4.69) is 17.6 Å². The smallest absolute Gasteiger partial charge is 0.236 e. The SMILES string of the molecule is CCCCCNC(=O)C(C)NCc1cccc2c1OCO2. The molecule has 1 aliphatic heterocycles. The van der Waals surface area contributed by atoms with Crippen molar-refractivity contribution in [2.75, 3.05) is 13.3 Å². The first-order valence-corrected chi connectivity index (χ1v) is 7.61. The maximum atomic E-state index is 11.9. The van der Waals surface area contributed by atoms with Crippen molar-refractivity contribution in [3.63, 3.8) is 0 Å². The molecule has 0 saturated carbocycles. The second-order valence-electron chi connectivity index (χ2n) is 5.25. The zero-order valence-electron chi connectivity index (χ0n) is 12.8. The van der Waals surface area contributed by atoms with Gasteiger partial charge in [-0.05, 0) is 19.4 Å². The molecule has 1 unspecified atom stereocenters. The van der Waals surface area contributed by atoms with Crippen LogP contribution in [-0.2, 0) is 11.3 Å². The summed E-state index contributed by atoms with van der Waals surface area (Å²) in [6.07, 6.45) is 3.34. The van der Waals surface area contributed by atoms with E-state index in [1.807, 2.05) is 25.1 Å². The van der Waals surface area contributed by atoms with Gasteiger partial charge in [0.1, 0.15) is 0 Å². The molecule has 2 N–H and O–H groups in total. The Bertz CT molecular complexity index is 477.